The molecule has 0 aromatic heterocycles. The smallest absolute Gasteiger partial charge is 0.191 e. The molecule has 2 rings (SSSR count). The molecule has 24 heavy (non-hydrogen) atoms. The van der Waals surface area contributed by atoms with Gasteiger partial charge in [0, 0.05) is 12.6 Å². The Morgan fingerprint density at radius 2 is 1.92 bits per heavy atom. The van der Waals surface area contributed by atoms with Gasteiger partial charge in [-0.1, -0.05) is 18.2 Å². The summed E-state index contributed by atoms with van der Waals surface area (Å²) in [6.45, 7) is 5.51. The van der Waals surface area contributed by atoms with Crippen LogP contribution in [0.1, 0.15) is 39.5 Å². The van der Waals surface area contributed by atoms with Crippen LogP contribution in [-0.4, -0.2) is 42.4 Å². The zero-order chi connectivity index (χ0) is 16.5. The molecule has 136 valence electrons. The predicted molar refractivity (Wildman–Crippen MR) is 109 cm³/mol. The Balaban J connectivity index is 0.00000288. The van der Waals surface area contributed by atoms with Gasteiger partial charge in [0.1, 0.15) is 11.9 Å². The number of guanidine groups is 1. The van der Waals surface area contributed by atoms with Crippen molar-refractivity contribution < 1.29 is 9.84 Å². The third-order valence-corrected chi connectivity index (χ3v) is 3.97. The van der Waals surface area contributed by atoms with Crippen LogP contribution in [0.5, 0.6) is 5.75 Å². The summed E-state index contributed by atoms with van der Waals surface area (Å²) in [5.41, 5.74) is 0. The average Bonchev–Trinajstić information content (AvgIpc) is 2.56. The molecule has 6 heteroatoms. The maximum atomic E-state index is 9.59. The van der Waals surface area contributed by atoms with E-state index in [-0.39, 0.29) is 36.2 Å². The highest BCUT2D eigenvalue weighted by Crippen LogP contribution is 2.18. The van der Waals surface area contributed by atoms with E-state index in [9.17, 15) is 5.11 Å². The second-order valence-corrected chi connectivity index (χ2v) is 6.11. The van der Waals surface area contributed by atoms with Crippen LogP contribution in [0.25, 0.3) is 0 Å². The Bertz CT molecular complexity index is 476. The molecule has 1 aliphatic rings. The van der Waals surface area contributed by atoms with Crippen molar-refractivity contribution >= 4 is 29.9 Å². The van der Waals surface area contributed by atoms with E-state index in [0.29, 0.717) is 12.6 Å². The lowest BCUT2D eigenvalue weighted by Gasteiger charge is -2.27. The monoisotopic (exact) mass is 447 g/mol. The minimum Gasteiger partial charge on any atom is -0.489 e. The summed E-state index contributed by atoms with van der Waals surface area (Å²) in [4.78, 5) is 4.63. The van der Waals surface area contributed by atoms with Gasteiger partial charge in [-0.25, -0.2) is 4.99 Å². The van der Waals surface area contributed by atoms with Gasteiger partial charge in [0.15, 0.2) is 5.96 Å². The van der Waals surface area contributed by atoms with E-state index in [1.165, 1.54) is 0 Å². The molecule has 1 aromatic carbocycles. The third kappa shape index (κ3) is 7.70. The molecule has 0 amide bonds. The van der Waals surface area contributed by atoms with Crippen LogP contribution in [0.2, 0.25) is 0 Å². The fourth-order valence-corrected chi connectivity index (χ4v) is 2.72. The van der Waals surface area contributed by atoms with Crippen molar-refractivity contribution in [2.75, 3.05) is 13.1 Å². The first-order chi connectivity index (χ1) is 11.2. The van der Waals surface area contributed by atoms with Crippen LogP contribution in [-0.2, 0) is 0 Å². The molecule has 1 atom stereocenters. The van der Waals surface area contributed by atoms with Crippen molar-refractivity contribution in [3.05, 3.63) is 30.3 Å². The Kier molecular flexibility index (Phi) is 10.1. The van der Waals surface area contributed by atoms with E-state index in [4.69, 9.17) is 4.74 Å². The predicted octanol–water partition coefficient (Wildman–Crippen LogP) is 2.93. The SMILES string of the molecule is CCNC(=NCC(C)Oc1ccccc1)NC1CCC(O)CC1.I. The van der Waals surface area contributed by atoms with E-state index in [1.54, 1.807) is 0 Å². The van der Waals surface area contributed by atoms with Crippen molar-refractivity contribution in [2.45, 2.75) is 57.8 Å². The Labute approximate surface area is 162 Å². The van der Waals surface area contributed by atoms with Gasteiger partial charge in [-0.2, -0.15) is 0 Å². The maximum Gasteiger partial charge on any atom is 0.191 e. The first-order valence-electron chi connectivity index (χ1n) is 8.62. The van der Waals surface area contributed by atoms with Gasteiger partial charge >= 0.3 is 0 Å². The molecular weight excluding hydrogens is 417 g/mol. The lowest BCUT2D eigenvalue weighted by atomic mass is 9.93. The van der Waals surface area contributed by atoms with Crippen molar-refractivity contribution in [3.63, 3.8) is 0 Å². The summed E-state index contributed by atoms with van der Waals surface area (Å²) in [7, 11) is 0. The molecule has 0 spiro atoms. The fraction of sp³-hybridized carbons (Fsp3) is 0.611. The number of nitrogens with one attached hydrogen (secondary N) is 2. The van der Waals surface area contributed by atoms with Gasteiger partial charge in [-0.05, 0) is 51.7 Å². The molecular formula is C18H30IN3O2. The summed E-state index contributed by atoms with van der Waals surface area (Å²) in [6, 6.07) is 10.2. The number of hydrogen-bond acceptors (Lipinski definition) is 3. The molecule has 0 saturated heterocycles. The molecule has 0 aliphatic heterocycles. The number of aliphatic hydroxyl groups excluding tert-OH is 1. The molecule has 3 N–H and O–H groups in total. The molecule has 0 radical (unpaired) electrons. The van der Waals surface area contributed by atoms with E-state index in [0.717, 1.165) is 43.9 Å². The molecule has 1 saturated carbocycles. The topological polar surface area (TPSA) is 65.9 Å². The lowest BCUT2D eigenvalue weighted by molar-refractivity contribution is 0.120. The number of aliphatic imine (C=N–C) groups is 1. The molecule has 5 nitrogen and oxygen atoms in total. The zero-order valence-corrected chi connectivity index (χ0v) is 16.9. The molecule has 1 fully saturated rings. The summed E-state index contributed by atoms with van der Waals surface area (Å²) >= 11 is 0. The first kappa shape index (κ1) is 21.0. The van der Waals surface area contributed by atoms with Crippen LogP contribution in [0.15, 0.2) is 35.3 Å². The number of halogens is 1. The van der Waals surface area contributed by atoms with Crippen LogP contribution < -0.4 is 15.4 Å². The van der Waals surface area contributed by atoms with Crippen LogP contribution in [0, 0.1) is 0 Å². The standard InChI is InChI=1S/C18H29N3O2.HI/c1-3-19-18(21-15-9-11-16(22)12-10-15)20-13-14(2)23-17-7-5-4-6-8-17;/h4-8,14-16,22H,3,9-13H2,1-2H3,(H2,19,20,21);1H. The van der Waals surface area contributed by atoms with Crippen molar-refractivity contribution in [1.29, 1.82) is 0 Å². The highest BCUT2D eigenvalue weighted by Gasteiger charge is 2.20. The molecule has 1 aromatic rings. The number of ether oxygens (including phenoxy) is 1. The highest BCUT2D eigenvalue weighted by atomic mass is 127. The third-order valence-electron chi connectivity index (χ3n) is 3.97. The number of para-hydroxylation sites is 1. The molecule has 1 unspecified atom stereocenters. The average molecular weight is 447 g/mol. The maximum absolute atomic E-state index is 9.59. The van der Waals surface area contributed by atoms with E-state index in [2.05, 4.69) is 22.5 Å². The van der Waals surface area contributed by atoms with Crippen molar-refractivity contribution in [2.24, 2.45) is 4.99 Å². The normalized spacial score (nSPS) is 22.2. The number of nitrogens with zero attached hydrogens (tertiary/aromatic N) is 1. The Morgan fingerprint density at radius 1 is 1.25 bits per heavy atom. The quantitative estimate of drug-likeness (QED) is 0.357. The van der Waals surface area contributed by atoms with Gasteiger partial charge in [-0.15, -0.1) is 24.0 Å². The van der Waals surface area contributed by atoms with Gasteiger partial charge in [0.2, 0.25) is 0 Å². The van der Waals surface area contributed by atoms with Gasteiger partial charge in [0.25, 0.3) is 0 Å². The van der Waals surface area contributed by atoms with Crippen molar-refractivity contribution in [3.8, 4) is 5.75 Å². The number of hydrogen-bond donors (Lipinski definition) is 3. The molecule has 0 bridgehead atoms. The van der Waals surface area contributed by atoms with Gasteiger partial charge < -0.3 is 20.5 Å². The van der Waals surface area contributed by atoms with Gasteiger partial charge in [0.05, 0.1) is 12.6 Å². The summed E-state index contributed by atoms with van der Waals surface area (Å²) in [6.07, 6.45) is 3.59. The summed E-state index contributed by atoms with van der Waals surface area (Å²) in [5.74, 6) is 1.70. The minimum absolute atomic E-state index is 0. The minimum atomic E-state index is -0.133. The second kappa shape index (κ2) is 11.5. The van der Waals surface area contributed by atoms with Gasteiger partial charge in [-0.3, -0.25) is 0 Å². The zero-order valence-electron chi connectivity index (χ0n) is 14.6. The number of rotatable bonds is 6. The van der Waals surface area contributed by atoms with Crippen LogP contribution in [0.3, 0.4) is 0 Å². The van der Waals surface area contributed by atoms with Crippen LogP contribution in [0.4, 0.5) is 0 Å². The Morgan fingerprint density at radius 3 is 2.54 bits per heavy atom. The van der Waals surface area contributed by atoms with E-state index in [1.807, 2.05) is 37.3 Å². The van der Waals surface area contributed by atoms with E-state index >= 15 is 0 Å². The summed E-state index contributed by atoms with van der Waals surface area (Å²) in [5, 5.41) is 16.3. The largest absolute Gasteiger partial charge is 0.489 e. The lowest BCUT2D eigenvalue weighted by Crippen LogP contribution is -2.45. The van der Waals surface area contributed by atoms with Crippen LogP contribution >= 0.6 is 24.0 Å². The Hall–Kier alpha value is -1.02. The summed E-state index contributed by atoms with van der Waals surface area (Å²) < 4.78 is 5.85. The molecule has 0 heterocycles. The number of benzene rings is 1. The second-order valence-electron chi connectivity index (χ2n) is 6.11. The van der Waals surface area contributed by atoms with E-state index < -0.39 is 0 Å². The van der Waals surface area contributed by atoms with Crippen molar-refractivity contribution in [1.82, 2.24) is 10.6 Å². The number of aliphatic hydroxyl groups is 1. The highest BCUT2D eigenvalue weighted by molar-refractivity contribution is 14.0. The fourth-order valence-electron chi connectivity index (χ4n) is 2.72. The first-order valence-corrected chi connectivity index (χ1v) is 8.62. The molecule has 1 aliphatic carbocycles.